The van der Waals surface area contributed by atoms with E-state index in [1.807, 2.05) is 0 Å². The number of nitrogens with one attached hydrogen (secondary N) is 1. The highest BCUT2D eigenvalue weighted by molar-refractivity contribution is 7.91. The first-order valence-electron chi connectivity index (χ1n) is 7.38. The minimum atomic E-state index is -2.90. The Morgan fingerprint density at radius 1 is 1.22 bits per heavy atom. The zero-order chi connectivity index (χ0) is 13.6. The fraction of sp³-hybridized carbons (Fsp3) is 1.00. The van der Waals surface area contributed by atoms with Gasteiger partial charge in [0.15, 0.2) is 9.84 Å². The smallest absolute Gasteiger partial charge is 0.152 e. The summed E-state index contributed by atoms with van der Waals surface area (Å²) in [6, 6.07) is 0.108. The van der Waals surface area contributed by atoms with Crippen molar-refractivity contribution in [3.05, 3.63) is 0 Å². The molecule has 0 amide bonds. The zero-order valence-electron chi connectivity index (χ0n) is 12.1. The van der Waals surface area contributed by atoms with Crippen LogP contribution >= 0.6 is 0 Å². The van der Waals surface area contributed by atoms with E-state index in [4.69, 9.17) is 0 Å². The van der Waals surface area contributed by atoms with Gasteiger partial charge >= 0.3 is 0 Å². The molecule has 0 spiro atoms. The summed E-state index contributed by atoms with van der Waals surface area (Å²) >= 11 is 0. The maximum atomic E-state index is 12.2. The van der Waals surface area contributed by atoms with Crippen molar-refractivity contribution in [1.29, 1.82) is 0 Å². The van der Waals surface area contributed by atoms with Crippen molar-refractivity contribution in [3.8, 4) is 0 Å². The molecule has 0 aromatic rings. The van der Waals surface area contributed by atoms with Gasteiger partial charge in [0.2, 0.25) is 0 Å². The maximum Gasteiger partial charge on any atom is 0.152 e. The number of hydrogen-bond acceptors (Lipinski definition) is 3. The highest BCUT2D eigenvalue weighted by atomic mass is 32.2. The summed E-state index contributed by atoms with van der Waals surface area (Å²) in [7, 11) is -2.90. The molecule has 108 valence electrons. The van der Waals surface area contributed by atoms with Crippen LogP contribution in [0.25, 0.3) is 0 Å². The Kier molecular flexibility index (Phi) is 6.64. The molecule has 1 aliphatic rings. The first-order valence-corrected chi connectivity index (χ1v) is 9.20. The predicted molar refractivity (Wildman–Crippen MR) is 77.5 cm³/mol. The Bertz CT molecular complexity index is 319. The van der Waals surface area contributed by atoms with Gasteiger partial charge < -0.3 is 5.32 Å². The van der Waals surface area contributed by atoms with Crippen molar-refractivity contribution in [3.63, 3.8) is 0 Å². The fourth-order valence-corrected chi connectivity index (χ4v) is 4.93. The van der Waals surface area contributed by atoms with E-state index in [-0.39, 0.29) is 6.04 Å². The molecule has 0 radical (unpaired) electrons. The Hall–Kier alpha value is -0.0900. The summed E-state index contributed by atoms with van der Waals surface area (Å²) in [5, 5.41) is 3.37. The molecule has 0 aromatic carbocycles. The van der Waals surface area contributed by atoms with Gasteiger partial charge in [0.25, 0.3) is 0 Å². The van der Waals surface area contributed by atoms with Crippen molar-refractivity contribution in [2.75, 3.05) is 18.1 Å². The number of hydrogen-bond donors (Lipinski definition) is 1. The van der Waals surface area contributed by atoms with Gasteiger partial charge in [0.1, 0.15) is 0 Å². The van der Waals surface area contributed by atoms with Crippen LogP contribution in [0, 0.1) is 11.8 Å². The van der Waals surface area contributed by atoms with Crippen LogP contribution in [0.4, 0.5) is 0 Å². The van der Waals surface area contributed by atoms with Crippen LogP contribution in [-0.4, -0.2) is 32.5 Å². The maximum absolute atomic E-state index is 12.2. The molecule has 3 nitrogen and oxygen atoms in total. The lowest BCUT2D eigenvalue weighted by Crippen LogP contribution is -2.41. The molecule has 1 N–H and O–H groups in total. The molecule has 0 heterocycles. The molecule has 1 rings (SSSR count). The van der Waals surface area contributed by atoms with Crippen molar-refractivity contribution >= 4 is 9.84 Å². The lowest BCUT2D eigenvalue weighted by molar-refractivity contribution is 0.424. The largest absolute Gasteiger partial charge is 0.313 e. The molecule has 18 heavy (non-hydrogen) atoms. The van der Waals surface area contributed by atoms with Crippen LogP contribution in [0.3, 0.4) is 0 Å². The van der Waals surface area contributed by atoms with Crippen molar-refractivity contribution in [2.24, 2.45) is 11.8 Å². The topological polar surface area (TPSA) is 46.2 Å². The third-order valence-corrected chi connectivity index (χ3v) is 5.71. The number of rotatable bonds is 8. The van der Waals surface area contributed by atoms with E-state index in [1.54, 1.807) is 0 Å². The molecule has 0 saturated heterocycles. The highest BCUT2D eigenvalue weighted by Gasteiger charge is 2.26. The fourth-order valence-electron chi connectivity index (χ4n) is 2.69. The minimum Gasteiger partial charge on any atom is -0.313 e. The van der Waals surface area contributed by atoms with Gasteiger partial charge in [-0.15, -0.1) is 0 Å². The lowest BCUT2D eigenvalue weighted by atomic mass is 10.1. The quantitative estimate of drug-likeness (QED) is 0.740. The van der Waals surface area contributed by atoms with Gasteiger partial charge in [0.05, 0.1) is 11.5 Å². The monoisotopic (exact) mass is 275 g/mol. The molecule has 1 atom stereocenters. The predicted octanol–water partition coefficient (Wildman–Crippen LogP) is 2.62. The highest BCUT2D eigenvalue weighted by Crippen LogP contribution is 2.26. The summed E-state index contributed by atoms with van der Waals surface area (Å²) in [5.41, 5.74) is 0. The Balaban J connectivity index is 2.49. The average molecular weight is 275 g/mol. The van der Waals surface area contributed by atoms with E-state index in [0.29, 0.717) is 23.3 Å². The Morgan fingerprint density at radius 3 is 2.33 bits per heavy atom. The average Bonchev–Trinajstić information content (AvgIpc) is 2.75. The molecule has 0 aliphatic heterocycles. The molecular formula is C14H29NO2S. The second-order valence-electron chi connectivity index (χ2n) is 6.03. The van der Waals surface area contributed by atoms with E-state index in [9.17, 15) is 8.42 Å². The Morgan fingerprint density at radius 2 is 1.83 bits per heavy atom. The number of sulfone groups is 1. The molecule has 1 saturated carbocycles. The third-order valence-electron chi connectivity index (χ3n) is 3.86. The first-order chi connectivity index (χ1) is 8.44. The molecule has 1 fully saturated rings. The van der Waals surface area contributed by atoms with E-state index in [0.717, 1.165) is 25.8 Å². The summed E-state index contributed by atoms with van der Waals surface area (Å²) in [6.07, 6.45) is 5.68. The van der Waals surface area contributed by atoms with Gasteiger partial charge in [-0.05, 0) is 37.6 Å². The normalized spacial score (nSPS) is 19.6. The van der Waals surface area contributed by atoms with E-state index < -0.39 is 9.84 Å². The summed E-state index contributed by atoms with van der Waals surface area (Å²) < 4.78 is 24.4. The summed E-state index contributed by atoms with van der Waals surface area (Å²) in [6.45, 7) is 7.20. The van der Waals surface area contributed by atoms with Gasteiger partial charge in [-0.2, -0.15) is 0 Å². The molecule has 1 unspecified atom stereocenters. The molecule has 0 bridgehead atoms. The van der Waals surface area contributed by atoms with Crippen LogP contribution in [0.15, 0.2) is 0 Å². The minimum absolute atomic E-state index is 0.108. The Labute approximate surface area is 113 Å². The SMILES string of the molecule is CCCNC(CS(=O)(=O)CC1CCCC1)C(C)C. The van der Waals surface area contributed by atoms with Crippen LogP contribution in [-0.2, 0) is 9.84 Å². The molecule has 4 heteroatoms. The van der Waals surface area contributed by atoms with E-state index in [2.05, 4.69) is 26.1 Å². The van der Waals surface area contributed by atoms with Crippen LogP contribution in [0.5, 0.6) is 0 Å². The van der Waals surface area contributed by atoms with Crippen LogP contribution in [0.1, 0.15) is 52.9 Å². The second-order valence-corrected chi connectivity index (χ2v) is 8.19. The van der Waals surface area contributed by atoms with Gasteiger partial charge in [0, 0.05) is 6.04 Å². The van der Waals surface area contributed by atoms with Crippen LogP contribution < -0.4 is 5.32 Å². The first kappa shape index (κ1) is 16.0. The zero-order valence-corrected chi connectivity index (χ0v) is 12.9. The van der Waals surface area contributed by atoms with Gasteiger partial charge in [-0.1, -0.05) is 33.6 Å². The molecular weight excluding hydrogens is 246 g/mol. The van der Waals surface area contributed by atoms with E-state index >= 15 is 0 Å². The standard InChI is InChI=1S/C14H29NO2S/c1-4-9-15-14(12(2)3)11-18(16,17)10-13-7-5-6-8-13/h12-15H,4-11H2,1-3H3. The van der Waals surface area contributed by atoms with Crippen molar-refractivity contribution < 1.29 is 8.42 Å². The third kappa shape index (κ3) is 5.70. The molecule has 1 aliphatic carbocycles. The van der Waals surface area contributed by atoms with Gasteiger partial charge in [-0.3, -0.25) is 0 Å². The van der Waals surface area contributed by atoms with Crippen LogP contribution in [0.2, 0.25) is 0 Å². The second kappa shape index (κ2) is 7.49. The lowest BCUT2D eigenvalue weighted by Gasteiger charge is -2.23. The van der Waals surface area contributed by atoms with Gasteiger partial charge in [-0.25, -0.2) is 8.42 Å². The van der Waals surface area contributed by atoms with E-state index in [1.165, 1.54) is 12.8 Å². The van der Waals surface area contributed by atoms with Crippen molar-refractivity contribution in [2.45, 2.75) is 58.9 Å². The van der Waals surface area contributed by atoms with Crippen molar-refractivity contribution in [1.82, 2.24) is 5.32 Å². The summed E-state index contributed by atoms with van der Waals surface area (Å²) in [4.78, 5) is 0. The summed E-state index contributed by atoms with van der Waals surface area (Å²) in [5.74, 6) is 1.51. The molecule has 0 aromatic heterocycles.